The smallest absolute Gasteiger partial charge is 0.320 e. The van der Waals surface area contributed by atoms with Crippen LogP contribution in [-0.2, 0) is 4.79 Å². The molecular weight excluding hydrogens is 252 g/mol. The minimum absolute atomic E-state index is 0.243. The van der Waals surface area contributed by atoms with E-state index in [1.54, 1.807) is 0 Å². The molecule has 0 radical (unpaired) electrons. The molecule has 2 aliphatic heterocycles. The molecule has 2 fully saturated rings. The van der Waals surface area contributed by atoms with Crippen LogP contribution in [0.3, 0.4) is 0 Å². The van der Waals surface area contributed by atoms with Crippen LogP contribution >= 0.6 is 0 Å². The Bertz CT molecular complexity index is 320. The maximum absolute atomic E-state index is 11.6. The highest BCUT2D eigenvalue weighted by atomic mass is 16.4. The molecule has 2 heterocycles. The summed E-state index contributed by atoms with van der Waals surface area (Å²) in [5.74, 6) is -0.614. The lowest BCUT2D eigenvalue weighted by Crippen LogP contribution is -2.47. The van der Waals surface area contributed by atoms with E-state index in [-0.39, 0.29) is 6.04 Å². The van der Waals surface area contributed by atoms with Gasteiger partial charge in [0.15, 0.2) is 0 Å². The Morgan fingerprint density at radius 1 is 1.00 bits per heavy atom. The van der Waals surface area contributed by atoms with Crippen LogP contribution in [0, 0.1) is 0 Å². The highest BCUT2D eigenvalue weighted by Crippen LogP contribution is 2.25. The van der Waals surface area contributed by atoms with E-state index in [0.29, 0.717) is 12.1 Å². The average Bonchev–Trinajstić information content (AvgIpc) is 2.78. The molecule has 0 aliphatic carbocycles. The van der Waals surface area contributed by atoms with Crippen LogP contribution < -0.4 is 0 Å². The van der Waals surface area contributed by atoms with Crippen molar-refractivity contribution in [2.45, 2.75) is 76.9 Å². The second kappa shape index (κ2) is 7.41. The summed E-state index contributed by atoms with van der Waals surface area (Å²) < 4.78 is 0. The predicted molar refractivity (Wildman–Crippen MR) is 80.9 cm³/mol. The molecule has 2 aliphatic rings. The molecule has 116 valence electrons. The van der Waals surface area contributed by atoms with Gasteiger partial charge in [0, 0.05) is 12.1 Å². The zero-order valence-electron chi connectivity index (χ0n) is 13.1. The molecule has 20 heavy (non-hydrogen) atoms. The van der Waals surface area contributed by atoms with E-state index in [9.17, 15) is 9.90 Å². The van der Waals surface area contributed by atoms with Gasteiger partial charge in [-0.1, -0.05) is 12.8 Å². The summed E-state index contributed by atoms with van der Waals surface area (Å²) in [4.78, 5) is 16.4. The molecule has 0 aromatic carbocycles. The van der Waals surface area contributed by atoms with Gasteiger partial charge < -0.3 is 10.0 Å². The molecule has 4 nitrogen and oxygen atoms in total. The number of nitrogens with zero attached hydrogens (tertiary/aromatic N) is 2. The second-order valence-electron chi connectivity index (χ2n) is 6.66. The first-order valence-electron chi connectivity index (χ1n) is 8.32. The van der Waals surface area contributed by atoms with Crippen LogP contribution in [0.15, 0.2) is 0 Å². The minimum Gasteiger partial charge on any atom is -0.480 e. The van der Waals surface area contributed by atoms with Crippen molar-refractivity contribution < 1.29 is 9.90 Å². The van der Waals surface area contributed by atoms with Crippen LogP contribution in [0.5, 0.6) is 0 Å². The highest BCUT2D eigenvalue weighted by Gasteiger charge is 2.33. The van der Waals surface area contributed by atoms with Crippen molar-refractivity contribution in [1.82, 2.24) is 9.80 Å². The average molecular weight is 282 g/mol. The molecule has 2 rings (SSSR count). The Morgan fingerprint density at radius 3 is 2.50 bits per heavy atom. The summed E-state index contributed by atoms with van der Waals surface area (Å²) in [6.45, 7) is 7.77. The van der Waals surface area contributed by atoms with Crippen molar-refractivity contribution in [2.75, 3.05) is 19.6 Å². The molecule has 2 unspecified atom stereocenters. The fourth-order valence-electron chi connectivity index (χ4n) is 3.78. The van der Waals surface area contributed by atoms with Gasteiger partial charge in [0.1, 0.15) is 6.04 Å². The summed E-state index contributed by atoms with van der Waals surface area (Å²) in [6, 6.07) is 0.833. The first-order valence-corrected chi connectivity index (χ1v) is 8.32. The van der Waals surface area contributed by atoms with Gasteiger partial charge in [-0.05, 0) is 65.6 Å². The first-order chi connectivity index (χ1) is 9.59. The summed E-state index contributed by atoms with van der Waals surface area (Å²) >= 11 is 0. The first kappa shape index (κ1) is 15.8. The van der Waals surface area contributed by atoms with Gasteiger partial charge in [0.05, 0.1) is 0 Å². The molecule has 0 bridgehead atoms. The standard InChI is InChI=1S/C16H30N2O2/c1-13(2)17-10-6-7-14(9-12-17)18-11-5-3-4-8-15(18)16(19)20/h13-15H,3-12H2,1-2H3,(H,19,20). The Morgan fingerprint density at radius 2 is 1.80 bits per heavy atom. The van der Waals surface area contributed by atoms with Gasteiger partial charge in [-0.3, -0.25) is 9.69 Å². The molecular formula is C16H30N2O2. The third-order valence-electron chi connectivity index (χ3n) is 5.01. The number of rotatable bonds is 3. The van der Waals surface area contributed by atoms with Crippen molar-refractivity contribution >= 4 is 5.97 Å². The van der Waals surface area contributed by atoms with Crippen LogP contribution in [-0.4, -0.2) is 58.6 Å². The Kier molecular flexibility index (Phi) is 5.85. The monoisotopic (exact) mass is 282 g/mol. The number of aliphatic carboxylic acids is 1. The fraction of sp³-hybridized carbons (Fsp3) is 0.938. The predicted octanol–water partition coefficient (Wildman–Crippen LogP) is 2.58. The van der Waals surface area contributed by atoms with Gasteiger partial charge in [-0.25, -0.2) is 0 Å². The van der Waals surface area contributed by atoms with Crippen LogP contribution in [0.1, 0.15) is 58.8 Å². The van der Waals surface area contributed by atoms with Crippen LogP contribution in [0.4, 0.5) is 0 Å². The topological polar surface area (TPSA) is 43.8 Å². The van der Waals surface area contributed by atoms with Crippen molar-refractivity contribution in [3.8, 4) is 0 Å². The number of hydrogen-bond donors (Lipinski definition) is 1. The second-order valence-corrected chi connectivity index (χ2v) is 6.66. The molecule has 0 spiro atoms. The van der Waals surface area contributed by atoms with Crippen molar-refractivity contribution in [2.24, 2.45) is 0 Å². The highest BCUT2D eigenvalue weighted by molar-refractivity contribution is 5.73. The lowest BCUT2D eigenvalue weighted by atomic mass is 10.0. The lowest BCUT2D eigenvalue weighted by Gasteiger charge is -2.34. The number of carboxylic acid groups (broad SMARTS) is 1. The number of carbonyl (C=O) groups is 1. The third-order valence-corrected chi connectivity index (χ3v) is 5.01. The van der Waals surface area contributed by atoms with E-state index in [1.165, 1.54) is 19.4 Å². The van der Waals surface area contributed by atoms with Crippen molar-refractivity contribution in [3.05, 3.63) is 0 Å². The maximum atomic E-state index is 11.6. The number of likely N-dealkylation sites (tertiary alicyclic amines) is 2. The van der Waals surface area contributed by atoms with Crippen LogP contribution in [0.25, 0.3) is 0 Å². The van der Waals surface area contributed by atoms with Crippen LogP contribution in [0.2, 0.25) is 0 Å². The third kappa shape index (κ3) is 3.95. The van der Waals surface area contributed by atoms with Gasteiger partial charge >= 0.3 is 5.97 Å². The zero-order chi connectivity index (χ0) is 14.5. The van der Waals surface area contributed by atoms with E-state index in [1.807, 2.05) is 0 Å². The maximum Gasteiger partial charge on any atom is 0.320 e. The van der Waals surface area contributed by atoms with Gasteiger partial charge in [0.2, 0.25) is 0 Å². The Balaban J connectivity index is 2.01. The zero-order valence-corrected chi connectivity index (χ0v) is 13.1. The van der Waals surface area contributed by atoms with Gasteiger partial charge in [0.25, 0.3) is 0 Å². The van der Waals surface area contributed by atoms with Gasteiger partial charge in [-0.15, -0.1) is 0 Å². The molecule has 0 saturated carbocycles. The molecule has 1 N–H and O–H groups in total. The largest absolute Gasteiger partial charge is 0.480 e. The fourth-order valence-corrected chi connectivity index (χ4v) is 3.78. The Hall–Kier alpha value is -0.610. The summed E-state index contributed by atoms with van der Waals surface area (Å²) in [7, 11) is 0. The van der Waals surface area contributed by atoms with Crippen molar-refractivity contribution in [3.63, 3.8) is 0 Å². The summed E-state index contributed by atoms with van der Waals surface area (Å²) in [5, 5.41) is 9.52. The van der Waals surface area contributed by atoms with E-state index in [2.05, 4.69) is 23.6 Å². The molecule has 4 heteroatoms. The molecule has 2 saturated heterocycles. The quantitative estimate of drug-likeness (QED) is 0.864. The normalized spacial score (nSPS) is 30.9. The summed E-state index contributed by atoms with van der Waals surface area (Å²) in [6.07, 6.45) is 7.73. The molecule has 0 aromatic heterocycles. The molecule has 0 amide bonds. The summed E-state index contributed by atoms with van der Waals surface area (Å²) in [5.41, 5.74) is 0. The van der Waals surface area contributed by atoms with Gasteiger partial charge in [-0.2, -0.15) is 0 Å². The molecule has 2 atom stereocenters. The minimum atomic E-state index is -0.614. The number of hydrogen-bond acceptors (Lipinski definition) is 3. The lowest BCUT2D eigenvalue weighted by molar-refractivity contribution is -0.144. The van der Waals surface area contributed by atoms with Crippen molar-refractivity contribution in [1.29, 1.82) is 0 Å². The van der Waals surface area contributed by atoms with E-state index >= 15 is 0 Å². The van der Waals surface area contributed by atoms with E-state index in [0.717, 1.165) is 45.2 Å². The SMILES string of the molecule is CC(C)N1CCCC(N2CCCCCC2C(=O)O)CC1. The molecule has 0 aromatic rings. The number of carboxylic acids is 1. The van der Waals surface area contributed by atoms with E-state index in [4.69, 9.17) is 0 Å². The Labute approximate surface area is 123 Å². The van der Waals surface area contributed by atoms with E-state index < -0.39 is 5.97 Å².